The molecule has 154 valence electrons. The third-order valence-electron chi connectivity index (χ3n) is 5.38. The first-order valence-corrected chi connectivity index (χ1v) is 9.84. The number of aromatic nitrogens is 1. The highest BCUT2D eigenvalue weighted by atomic mass is 19.4. The number of benzene rings is 2. The minimum Gasteiger partial charge on any atom is -0.340 e. The van der Waals surface area contributed by atoms with Crippen LogP contribution in [0.1, 0.15) is 35.2 Å². The Hall–Kier alpha value is -3.15. The highest BCUT2D eigenvalue weighted by Gasteiger charge is 2.42. The van der Waals surface area contributed by atoms with E-state index in [1.54, 1.807) is 30.5 Å². The molecule has 1 aliphatic rings. The molecule has 3 aromatic rings. The van der Waals surface area contributed by atoms with Gasteiger partial charge >= 0.3 is 6.18 Å². The van der Waals surface area contributed by atoms with Crippen molar-refractivity contribution in [1.82, 2.24) is 10.3 Å². The average Bonchev–Trinajstić information content (AvgIpc) is 3.60. The van der Waals surface area contributed by atoms with E-state index in [1.165, 1.54) is 6.07 Å². The van der Waals surface area contributed by atoms with Gasteiger partial charge in [0.1, 0.15) is 5.54 Å². The van der Waals surface area contributed by atoms with Gasteiger partial charge in [0.25, 0.3) is 0 Å². The van der Waals surface area contributed by atoms with Crippen molar-refractivity contribution >= 4 is 5.91 Å². The van der Waals surface area contributed by atoms with Gasteiger partial charge in [-0.3, -0.25) is 9.78 Å². The van der Waals surface area contributed by atoms with E-state index in [0.717, 1.165) is 30.5 Å². The number of nitrogens with one attached hydrogen (secondary N) is 1. The molecular formula is C24H21F3N2O. The van der Waals surface area contributed by atoms with Crippen LogP contribution in [0, 0.1) is 5.92 Å². The predicted molar refractivity (Wildman–Crippen MR) is 107 cm³/mol. The first kappa shape index (κ1) is 20.1. The van der Waals surface area contributed by atoms with Gasteiger partial charge in [-0.25, -0.2) is 0 Å². The van der Waals surface area contributed by atoms with Crippen LogP contribution in [0.3, 0.4) is 0 Å². The first-order valence-electron chi connectivity index (χ1n) is 9.84. The SMILES string of the molecule is O=C(NC(Cc1ccccc1)(c1cccc(C(F)(F)F)c1)c1ccccn1)C1CC1. The van der Waals surface area contributed by atoms with E-state index >= 15 is 0 Å². The third kappa shape index (κ3) is 4.22. The predicted octanol–water partition coefficient (Wildman–Crippen LogP) is 5.11. The van der Waals surface area contributed by atoms with Gasteiger partial charge in [-0.2, -0.15) is 13.2 Å². The molecule has 1 N–H and O–H groups in total. The molecule has 1 fully saturated rings. The van der Waals surface area contributed by atoms with Gasteiger partial charge in [-0.1, -0.05) is 48.5 Å². The van der Waals surface area contributed by atoms with E-state index in [4.69, 9.17) is 0 Å². The van der Waals surface area contributed by atoms with E-state index in [-0.39, 0.29) is 18.2 Å². The molecule has 1 aliphatic carbocycles. The maximum absolute atomic E-state index is 13.5. The lowest BCUT2D eigenvalue weighted by Gasteiger charge is -2.36. The summed E-state index contributed by atoms with van der Waals surface area (Å²) in [6.07, 6.45) is -1.04. The van der Waals surface area contributed by atoms with Crippen LogP contribution < -0.4 is 5.32 Å². The van der Waals surface area contributed by atoms with Gasteiger partial charge < -0.3 is 5.32 Å². The molecule has 0 radical (unpaired) electrons. The smallest absolute Gasteiger partial charge is 0.340 e. The van der Waals surface area contributed by atoms with Crippen molar-refractivity contribution in [3.63, 3.8) is 0 Å². The molecule has 6 heteroatoms. The summed E-state index contributed by atoms with van der Waals surface area (Å²) >= 11 is 0. The number of amides is 1. The minimum atomic E-state index is -4.49. The topological polar surface area (TPSA) is 42.0 Å². The molecule has 1 unspecified atom stereocenters. The Bertz CT molecular complexity index is 1020. The van der Waals surface area contributed by atoms with Crippen molar-refractivity contribution in [2.24, 2.45) is 5.92 Å². The zero-order valence-corrected chi connectivity index (χ0v) is 16.2. The third-order valence-corrected chi connectivity index (χ3v) is 5.38. The number of hydrogen-bond donors (Lipinski definition) is 1. The molecule has 30 heavy (non-hydrogen) atoms. The van der Waals surface area contributed by atoms with Crippen molar-refractivity contribution in [2.75, 3.05) is 0 Å². The fourth-order valence-corrected chi connectivity index (χ4v) is 3.66. The van der Waals surface area contributed by atoms with Crippen molar-refractivity contribution in [1.29, 1.82) is 0 Å². The summed E-state index contributed by atoms with van der Waals surface area (Å²) in [7, 11) is 0. The summed E-state index contributed by atoms with van der Waals surface area (Å²) in [6.45, 7) is 0. The minimum absolute atomic E-state index is 0.102. The molecule has 1 aromatic heterocycles. The van der Waals surface area contributed by atoms with Gasteiger partial charge in [0, 0.05) is 18.5 Å². The Kier molecular flexibility index (Phi) is 5.33. The number of halogens is 3. The molecular weight excluding hydrogens is 389 g/mol. The van der Waals surface area contributed by atoms with Crippen LogP contribution in [0.4, 0.5) is 13.2 Å². The normalized spacial score (nSPS) is 16.0. The largest absolute Gasteiger partial charge is 0.416 e. The number of carbonyl (C=O) groups excluding carboxylic acids is 1. The van der Waals surface area contributed by atoms with Gasteiger partial charge in [0.05, 0.1) is 11.3 Å². The summed E-state index contributed by atoms with van der Waals surface area (Å²) < 4.78 is 40.4. The Morgan fingerprint density at radius 1 is 0.933 bits per heavy atom. The van der Waals surface area contributed by atoms with Crippen LogP contribution in [0.15, 0.2) is 79.0 Å². The van der Waals surface area contributed by atoms with E-state index in [9.17, 15) is 18.0 Å². The summed E-state index contributed by atoms with van der Waals surface area (Å²) in [5.41, 5.74) is -0.231. The number of carbonyl (C=O) groups is 1. The fraction of sp³-hybridized carbons (Fsp3) is 0.250. The molecule has 0 bridgehead atoms. The summed E-state index contributed by atoms with van der Waals surface area (Å²) in [5, 5.41) is 3.08. The van der Waals surface area contributed by atoms with E-state index in [1.807, 2.05) is 30.3 Å². The number of alkyl halides is 3. The van der Waals surface area contributed by atoms with Gasteiger partial charge in [-0.05, 0) is 48.2 Å². The highest BCUT2D eigenvalue weighted by Crippen LogP contribution is 2.38. The first-order chi connectivity index (χ1) is 14.4. The van der Waals surface area contributed by atoms with Gasteiger partial charge in [-0.15, -0.1) is 0 Å². The van der Waals surface area contributed by atoms with Crippen molar-refractivity contribution in [3.8, 4) is 0 Å². The van der Waals surface area contributed by atoms with Crippen LogP contribution in [-0.2, 0) is 22.9 Å². The molecule has 4 rings (SSSR count). The Morgan fingerprint density at radius 3 is 2.27 bits per heavy atom. The van der Waals surface area contributed by atoms with Crippen molar-refractivity contribution in [2.45, 2.75) is 31.0 Å². The molecule has 1 saturated carbocycles. The Labute approximate surface area is 173 Å². The second kappa shape index (κ2) is 7.94. The molecule has 0 aliphatic heterocycles. The van der Waals surface area contributed by atoms with Crippen LogP contribution in [0.25, 0.3) is 0 Å². The lowest BCUT2D eigenvalue weighted by atomic mass is 9.79. The average molecular weight is 410 g/mol. The summed E-state index contributed by atoms with van der Waals surface area (Å²) in [6, 6.07) is 19.8. The van der Waals surface area contributed by atoms with Crippen LogP contribution in [-0.4, -0.2) is 10.9 Å². The Balaban J connectivity index is 1.90. The van der Waals surface area contributed by atoms with Crippen molar-refractivity contribution < 1.29 is 18.0 Å². The lowest BCUT2D eigenvalue weighted by Crippen LogP contribution is -2.49. The van der Waals surface area contributed by atoms with E-state index < -0.39 is 17.3 Å². The van der Waals surface area contributed by atoms with Crippen LogP contribution in [0.5, 0.6) is 0 Å². The zero-order chi connectivity index (χ0) is 21.2. The molecule has 1 amide bonds. The van der Waals surface area contributed by atoms with E-state index in [0.29, 0.717) is 11.3 Å². The van der Waals surface area contributed by atoms with Gasteiger partial charge in [0.2, 0.25) is 5.91 Å². The molecule has 0 saturated heterocycles. The lowest BCUT2D eigenvalue weighted by molar-refractivity contribution is -0.137. The second-order valence-electron chi connectivity index (χ2n) is 7.62. The molecule has 3 nitrogen and oxygen atoms in total. The summed E-state index contributed by atoms with van der Waals surface area (Å²) in [5.74, 6) is -0.261. The highest BCUT2D eigenvalue weighted by molar-refractivity contribution is 5.82. The Morgan fingerprint density at radius 2 is 1.63 bits per heavy atom. The molecule has 0 spiro atoms. The maximum Gasteiger partial charge on any atom is 0.416 e. The standard InChI is InChI=1S/C24H21F3N2O/c25-24(26,27)20-10-6-9-19(15-20)23(21-11-4-5-14-28-21,29-22(30)18-12-13-18)16-17-7-2-1-3-8-17/h1-11,14-15,18H,12-13,16H2,(H,29,30). The zero-order valence-electron chi connectivity index (χ0n) is 16.2. The van der Waals surface area contributed by atoms with Gasteiger partial charge in [0.15, 0.2) is 0 Å². The van der Waals surface area contributed by atoms with Crippen LogP contribution >= 0.6 is 0 Å². The molecule has 2 aromatic carbocycles. The molecule has 1 atom stereocenters. The summed E-state index contributed by atoms with van der Waals surface area (Å²) in [4.78, 5) is 17.3. The molecule has 1 heterocycles. The fourth-order valence-electron chi connectivity index (χ4n) is 3.66. The number of nitrogens with zero attached hydrogens (tertiary/aromatic N) is 1. The number of pyridine rings is 1. The van der Waals surface area contributed by atoms with Crippen molar-refractivity contribution in [3.05, 3.63) is 101 Å². The maximum atomic E-state index is 13.5. The quantitative estimate of drug-likeness (QED) is 0.613. The van der Waals surface area contributed by atoms with Crippen LogP contribution in [0.2, 0.25) is 0 Å². The number of hydrogen-bond acceptors (Lipinski definition) is 2. The second-order valence-corrected chi connectivity index (χ2v) is 7.62. The monoisotopic (exact) mass is 410 g/mol. The number of rotatable bonds is 6. The van der Waals surface area contributed by atoms with E-state index in [2.05, 4.69) is 10.3 Å².